The van der Waals surface area contributed by atoms with Gasteiger partial charge in [0.25, 0.3) is 0 Å². The molecule has 1 aliphatic rings. The molecule has 0 bridgehead atoms. The molecule has 0 aromatic carbocycles. The molecule has 19 heavy (non-hydrogen) atoms. The second-order valence-electron chi connectivity index (χ2n) is 5.95. The summed E-state index contributed by atoms with van der Waals surface area (Å²) in [6.45, 7) is 11.5. The van der Waals surface area contributed by atoms with Gasteiger partial charge in [-0.25, -0.2) is 0 Å². The third-order valence-corrected chi connectivity index (χ3v) is 4.87. The monoisotopic (exact) mass is 290 g/mol. The maximum Gasteiger partial charge on any atom is 0.307 e. The Kier molecular flexibility index (Phi) is 6.97. The van der Waals surface area contributed by atoms with Gasteiger partial charge in [0, 0.05) is 25.2 Å². The van der Waals surface area contributed by atoms with Crippen LogP contribution in [0.5, 0.6) is 0 Å². The standard InChI is InChI=1S/C14H30O4Si/c1-6-15-12-10-8-9-11-14(12,16-7-2)18-19-17-13(3,4)5/h12H,6-11,19H2,1-5H3. The maximum atomic E-state index is 6.12. The molecule has 1 aliphatic carbocycles. The highest BCUT2D eigenvalue weighted by molar-refractivity contribution is 6.18. The first-order valence-corrected chi connectivity index (χ1v) is 8.62. The second-order valence-corrected chi connectivity index (χ2v) is 6.77. The summed E-state index contributed by atoms with van der Waals surface area (Å²) in [5.41, 5.74) is -0.143. The topological polar surface area (TPSA) is 36.9 Å². The van der Waals surface area contributed by atoms with Crippen molar-refractivity contribution in [1.29, 1.82) is 0 Å². The Hall–Kier alpha value is 0.0569. The summed E-state index contributed by atoms with van der Waals surface area (Å²) in [4.78, 5) is 0. The molecular weight excluding hydrogens is 260 g/mol. The van der Waals surface area contributed by atoms with E-state index in [9.17, 15) is 0 Å². The molecule has 0 aliphatic heterocycles. The van der Waals surface area contributed by atoms with Crippen LogP contribution in [0.3, 0.4) is 0 Å². The normalized spacial score (nSPS) is 29.2. The number of rotatable bonds is 7. The fourth-order valence-corrected chi connectivity index (χ4v) is 3.44. The van der Waals surface area contributed by atoms with Crippen molar-refractivity contribution < 1.29 is 18.3 Å². The SMILES string of the molecule is CCOC1CCCCC1(OCC)O[SiH2]OC(C)(C)C. The first-order valence-electron chi connectivity index (χ1n) is 7.47. The smallest absolute Gasteiger partial charge is 0.307 e. The molecule has 4 nitrogen and oxygen atoms in total. The van der Waals surface area contributed by atoms with Crippen LogP contribution in [-0.4, -0.2) is 40.7 Å². The lowest BCUT2D eigenvalue weighted by Crippen LogP contribution is -2.52. The predicted octanol–water partition coefficient (Wildman–Crippen LogP) is 2.53. The van der Waals surface area contributed by atoms with E-state index in [0.717, 1.165) is 19.3 Å². The summed E-state index contributed by atoms with van der Waals surface area (Å²) >= 11 is 0. The molecule has 1 saturated carbocycles. The average molecular weight is 290 g/mol. The first kappa shape index (κ1) is 17.1. The van der Waals surface area contributed by atoms with Crippen LogP contribution in [0.1, 0.15) is 60.3 Å². The van der Waals surface area contributed by atoms with Crippen molar-refractivity contribution in [3.63, 3.8) is 0 Å². The molecule has 0 heterocycles. The van der Waals surface area contributed by atoms with E-state index in [1.165, 1.54) is 6.42 Å². The van der Waals surface area contributed by atoms with Crippen molar-refractivity contribution in [2.75, 3.05) is 13.2 Å². The van der Waals surface area contributed by atoms with Gasteiger partial charge in [-0.15, -0.1) is 0 Å². The van der Waals surface area contributed by atoms with Gasteiger partial charge < -0.3 is 18.3 Å². The van der Waals surface area contributed by atoms with Crippen molar-refractivity contribution in [1.82, 2.24) is 0 Å². The third kappa shape index (κ3) is 5.51. The highest BCUT2D eigenvalue weighted by atomic mass is 28.3. The molecule has 1 rings (SSSR count). The molecule has 1 fully saturated rings. The van der Waals surface area contributed by atoms with E-state index >= 15 is 0 Å². The van der Waals surface area contributed by atoms with Crippen LogP contribution < -0.4 is 0 Å². The Morgan fingerprint density at radius 3 is 2.47 bits per heavy atom. The summed E-state index contributed by atoms with van der Waals surface area (Å²) in [5.74, 6) is -0.569. The van der Waals surface area contributed by atoms with Crippen molar-refractivity contribution in [3.05, 3.63) is 0 Å². The molecule has 2 atom stereocenters. The van der Waals surface area contributed by atoms with E-state index in [0.29, 0.717) is 13.2 Å². The molecule has 2 unspecified atom stereocenters. The van der Waals surface area contributed by atoms with Gasteiger partial charge in [-0.2, -0.15) is 0 Å². The summed E-state index contributed by atoms with van der Waals surface area (Å²) in [5, 5.41) is 0. The van der Waals surface area contributed by atoms with E-state index in [1.54, 1.807) is 0 Å². The van der Waals surface area contributed by atoms with Crippen LogP contribution in [0.15, 0.2) is 0 Å². The minimum Gasteiger partial charge on any atom is -0.394 e. The van der Waals surface area contributed by atoms with Gasteiger partial charge in [-0.1, -0.05) is 6.42 Å². The van der Waals surface area contributed by atoms with Gasteiger partial charge >= 0.3 is 10.0 Å². The van der Waals surface area contributed by atoms with Crippen molar-refractivity contribution in [2.45, 2.75) is 77.8 Å². The number of ether oxygens (including phenoxy) is 2. The minimum absolute atomic E-state index is 0.0438. The summed E-state index contributed by atoms with van der Waals surface area (Å²) in [7, 11) is -1.07. The molecule has 114 valence electrons. The Morgan fingerprint density at radius 2 is 1.89 bits per heavy atom. The largest absolute Gasteiger partial charge is 0.394 e. The van der Waals surface area contributed by atoms with Crippen LogP contribution in [0.2, 0.25) is 0 Å². The minimum atomic E-state index is -1.07. The Labute approximate surface area is 120 Å². The first-order chi connectivity index (χ1) is 8.93. The van der Waals surface area contributed by atoms with Crippen LogP contribution in [0.4, 0.5) is 0 Å². The van der Waals surface area contributed by atoms with Gasteiger partial charge in [-0.3, -0.25) is 0 Å². The Balaban J connectivity index is 2.64. The van der Waals surface area contributed by atoms with Gasteiger partial charge in [0.15, 0.2) is 5.79 Å². The van der Waals surface area contributed by atoms with E-state index in [1.807, 2.05) is 13.8 Å². The maximum absolute atomic E-state index is 6.12. The molecule has 0 N–H and O–H groups in total. The lowest BCUT2D eigenvalue weighted by Gasteiger charge is -2.43. The van der Waals surface area contributed by atoms with Crippen LogP contribution in [-0.2, 0) is 18.3 Å². The zero-order valence-electron chi connectivity index (χ0n) is 13.2. The highest BCUT2D eigenvalue weighted by Gasteiger charge is 2.43. The van der Waals surface area contributed by atoms with Crippen molar-refractivity contribution in [2.24, 2.45) is 0 Å². The lowest BCUT2D eigenvalue weighted by atomic mass is 9.91. The van der Waals surface area contributed by atoms with Crippen molar-refractivity contribution in [3.8, 4) is 0 Å². The lowest BCUT2D eigenvalue weighted by molar-refractivity contribution is -0.268. The quantitative estimate of drug-likeness (QED) is 0.533. The van der Waals surface area contributed by atoms with E-state index in [4.69, 9.17) is 18.3 Å². The van der Waals surface area contributed by atoms with Gasteiger partial charge in [0.1, 0.15) is 6.10 Å². The summed E-state index contributed by atoms with van der Waals surface area (Å²) in [6.07, 6.45) is 4.28. The fraction of sp³-hybridized carbons (Fsp3) is 1.00. The average Bonchev–Trinajstić information content (AvgIpc) is 2.31. The van der Waals surface area contributed by atoms with Gasteiger partial charge in [0.05, 0.1) is 0 Å². The summed E-state index contributed by atoms with van der Waals surface area (Å²) < 4.78 is 23.7. The zero-order chi connectivity index (χ0) is 14.4. The second kappa shape index (κ2) is 7.74. The molecule has 0 spiro atoms. The van der Waals surface area contributed by atoms with Gasteiger partial charge in [-0.05, 0) is 47.5 Å². The molecule has 0 amide bonds. The van der Waals surface area contributed by atoms with E-state index < -0.39 is 15.8 Å². The molecule has 0 aromatic rings. The zero-order valence-corrected chi connectivity index (χ0v) is 14.6. The van der Waals surface area contributed by atoms with Gasteiger partial charge in [0.2, 0.25) is 0 Å². The van der Waals surface area contributed by atoms with Crippen LogP contribution in [0, 0.1) is 0 Å². The molecule has 0 saturated heterocycles. The Morgan fingerprint density at radius 1 is 1.16 bits per heavy atom. The molecule has 0 aromatic heterocycles. The van der Waals surface area contributed by atoms with Crippen molar-refractivity contribution >= 4 is 10.0 Å². The van der Waals surface area contributed by atoms with Crippen LogP contribution >= 0.6 is 0 Å². The molecule has 5 heteroatoms. The van der Waals surface area contributed by atoms with E-state index in [-0.39, 0.29) is 11.7 Å². The van der Waals surface area contributed by atoms with E-state index in [2.05, 4.69) is 20.8 Å². The Bertz CT molecular complexity index is 248. The molecule has 0 radical (unpaired) electrons. The molecular formula is C14H30O4Si. The predicted molar refractivity (Wildman–Crippen MR) is 78.7 cm³/mol. The van der Waals surface area contributed by atoms with Crippen LogP contribution in [0.25, 0.3) is 0 Å². The third-order valence-electron chi connectivity index (χ3n) is 3.28. The fourth-order valence-electron chi connectivity index (χ4n) is 2.42. The number of hydrogen-bond donors (Lipinski definition) is 0. The highest BCUT2D eigenvalue weighted by Crippen LogP contribution is 2.35. The number of hydrogen-bond acceptors (Lipinski definition) is 4. The summed E-state index contributed by atoms with van der Waals surface area (Å²) in [6, 6.07) is 0.